The van der Waals surface area contributed by atoms with E-state index in [1.54, 1.807) is 11.8 Å². The second-order valence-corrected chi connectivity index (χ2v) is 6.39. The van der Waals surface area contributed by atoms with E-state index in [0.29, 0.717) is 18.3 Å². The minimum absolute atomic E-state index is 0. The molecule has 114 valence electrons. The topological polar surface area (TPSA) is 41.1 Å². The van der Waals surface area contributed by atoms with Crippen molar-refractivity contribution in [3.63, 3.8) is 0 Å². The van der Waals surface area contributed by atoms with Crippen LogP contribution in [0.2, 0.25) is 0 Å². The van der Waals surface area contributed by atoms with Crippen LogP contribution in [-0.4, -0.2) is 30.8 Å². The number of thioether (sulfide) groups is 1. The summed E-state index contributed by atoms with van der Waals surface area (Å²) in [5, 5.41) is 6.20. The van der Waals surface area contributed by atoms with Gasteiger partial charge in [-0.2, -0.15) is 0 Å². The predicted octanol–water partition coefficient (Wildman–Crippen LogP) is 3.39. The summed E-state index contributed by atoms with van der Waals surface area (Å²) >= 11 is 5.01. The van der Waals surface area contributed by atoms with Gasteiger partial charge in [0.2, 0.25) is 5.91 Å². The Balaban J connectivity index is 0.00000361. The van der Waals surface area contributed by atoms with Crippen LogP contribution in [0.25, 0.3) is 0 Å². The molecule has 2 N–H and O–H groups in total. The number of carbonyl (C=O) groups is 1. The molecule has 0 aliphatic rings. The maximum absolute atomic E-state index is 11.7. The molecular weight excluding hydrogens is 360 g/mol. The second kappa shape index (κ2) is 10.5. The second-order valence-electron chi connectivity index (χ2n) is 4.46. The molecule has 0 aliphatic carbocycles. The lowest BCUT2D eigenvalue weighted by Crippen LogP contribution is -2.39. The van der Waals surface area contributed by atoms with E-state index in [1.165, 1.54) is 5.56 Å². The predicted molar refractivity (Wildman–Crippen MR) is 93.0 cm³/mol. The lowest BCUT2D eigenvalue weighted by molar-refractivity contribution is -0.118. The zero-order chi connectivity index (χ0) is 14.3. The molecule has 0 radical (unpaired) electrons. The van der Waals surface area contributed by atoms with Crippen molar-refractivity contribution < 1.29 is 4.79 Å². The number of nitrogens with one attached hydrogen (secondary N) is 2. The number of benzene rings is 1. The number of aryl methyl sites for hydroxylation is 1. The van der Waals surface area contributed by atoms with Crippen LogP contribution in [0.15, 0.2) is 27.6 Å². The van der Waals surface area contributed by atoms with Crippen molar-refractivity contribution in [1.29, 1.82) is 0 Å². The van der Waals surface area contributed by atoms with Crippen LogP contribution < -0.4 is 10.6 Å². The smallest absolute Gasteiger partial charge is 0.230 e. The first-order chi connectivity index (χ1) is 9.02. The summed E-state index contributed by atoms with van der Waals surface area (Å²) in [6, 6.07) is 6.42. The lowest BCUT2D eigenvalue weighted by atomic mass is 10.2. The highest BCUT2D eigenvalue weighted by Crippen LogP contribution is 2.24. The zero-order valence-corrected chi connectivity index (χ0v) is 15.3. The largest absolute Gasteiger partial charge is 0.354 e. The van der Waals surface area contributed by atoms with Crippen LogP contribution in [0.4, 0.5) is 0 Å². The molecule has 0 saturated heterocycles. The Morgan fingerprint density at radius 2 is 2.15 bits per heavy atom. The van der Waals surface area contributed by atoms with E-state index in [-0.39, 0.29) is 18.3 Å². The third-order valence-electron chi connectivity index (χ3n) is 2.65. The summed E-state index contributed by atoms with van der Waals surface area (Å²) in [7, 11) is 0. The highest BCUT2D eigenvalue weighted by Gasteiger charge is 2.06. The molecule has 0 aromatic heterocycles. The highest BCUT2D eigenvalue weighted by atomic mass is 79.9. The summed E-state index contributed by atoms with van der Waals surface area (Å²) in [6.45, 7) is 7.77. The highest BCUT2D eigenvalue weighted by molar-refractivity contribution is 9.10. The maximum atomic E-state index is 11.7. The standard InChI is InChI=1S/C14H21BrN2OS.ClH/c1-4-16-11(3)8-17-14(18)9-19-13-6-5-12(15)7-10(13)2;/h5-7,11,16H,4,8-9H2,1-3H3,(H,17,18);1H/t11-;/m1./s1. The quantitative estimate of drug-likeness (QED) is 0.711. The molecule has 0 fully saturated rings. The van der Waals surface area contributed by atoms with Crippen LogP contribution in [0.3, 0.4) is 0 Å². The molecule has 1 atom stereocenters. The van der Waals surface area contributed by atoms with Gasteiger partial charge in [0.05, 0.1) is 5.75 Å². The Labute approximate surface area is 140 Å². The number of hydrogen-bond donors (Lipinski definition) is 2. The van der Waals surface area contributed by atoms with E-state index in [1.807, 2.05) is 12.1 Å². The van der Waals surface area contributed by atoms with Crippen molar-refractivity contribution >= 4 is 46.0 Å². The van der Waals surface area contributed by atoms with E-state index in [9.17, 15) is 4.79 Å². The van der Waals surface area contributed by atoms with Gasteiger partial charge in [-0.15, -0.1) is 24.2 Å². The normalized spacial score (nSPS) is 11.6. The van der Waals surface area contributed by atoms with Crippen molar-refractivity contribution in [2.24, 2.45) is 0 Å². The van der Waals surface area contributed by atoms with Crippen molar-refractivity contribution in [1.82, 2.24) is 10.6 Å². The molecule has 1 amide bonds. The molecule has 3 nitrogen and oxygen atoms in total. The van der Waals surface area contributed by atoms with Gasteiger partial charge < -0.3 is 10.6 Å². The molecule has 0 unspecified atom stereocenters. The molecule has 1 aromatic carbocycles. The van der Waals surface area contributed by atoms with Gasteiger partial charge in [0, 0.05) is 22.0 Å². The van der Waals surface area contributed by atoms with Crippen LogP contribution >= 0.6 is 40.1 Å². The van der Waals surface area contributed by atoms with Crippen molar-refractivity contribution in [3.8, 4) is 0 Å². The minimum atomic E-state index is 0. The van der Waals surface area contributed by atoms with E-state index < -0.39 is 0 Å². The molecule has 0 heterocycles. The average Bonchev–Trinajstić information content (AvgIpc) is 2.35. The molecule has 6 heteroatoms. The first-order valence-electron chi connectivity index (χ1n) is 6.42. The third-order valence-corrected chi connectivity index (χ3v) is 4.32. The lowest BCUT2D eigenvalue weighted by Gasteiger charge is -2.13. The molecule has 0 aliphatic heterocycles. The van der Waals surface area contributed by atoms with Crippen molar-refractivity contribution in [3.05, 3.63) is 28.2 Å². The Hall–Kier alpha value is -0.230. The Kier molecular flexibility index (Phi) is 10.4. The van der Waals surface area contributed by atoms with Gasteiger partial charge in [0.1, 0.15) is 0 Å². The van der Waals surface area contributed by atoms with E-state index in [2.05, 4.69) is 53.4 Å². The summed E-state index contributed by atoms with van der Waals surface area (Å²) < 4.78 is 1.07. The number of halogens is 2. The summed E-state index contributed by atoms with van der Waals surface area (Å²) in [5.41, 5.74) is 1.19. The van der Waals surface area contributed by atoms with Gasteiger partial charge >= 0.3 is 0 Å². The molecule has 1 rings (SSSR count). The minimum Gasteiger partial charge on any atom is -0.354 e. The Bertz CT molecular complexity index is 432. The average molecular weight is 382 g/mol. The monoisotopic (exact) mass is 380 g/mol. The van der Waals surface area contributed by atoms with E-state index in [0.717, 1.165) is 15.9 Å². The van der Waals surface area contributed by atoms with Gasteiger partial charge in [-0.3, -0.25) is 4.79 Å². The van der Waals surface area contributed by atoms with Gasteiger partial charge in [-0.1, -0.05) is 22.9 Å². The maximum Gasteiger partial charge on any atom is 0.230 e. The first kappa shape index (κ1) is 19.8. The molecule has 0 bridgehead atoms. The van der Waals surface area contributed by atoms with Gasteiger partial charge in [0.15, 0.2) is 0 Å². The molecule has 0 spiro atoms. The van der Waals surface area contributed by atoms with Crippen LogP contribution in [0.1, 0.15) is 19.4 Å². The number of likely N-dealkylation sites (N-methyl/N-ethyl adjacent to an activating group) is 1. The Morgan fingerprint density at radius 1 is 1.45 bits per heavy atom. The molecule has 20 heavy (non-hydrogen) atoms. The van der Waals surface area contributed by atoms with Crippen LogP contribution in [-0.2, 0) is 4.79 Å². The fourth-order valence-electron chi connectivity index (χ4n) is 1.66. The van der Waals surface area contributed by atoms with Crippen LogP contribution in [0.5, 0.6) is 0 Å². The number of amides is 1. The van der Waals surface area contributed by atoms with Gasteiger partial charge in [-0.25, -0.2) is 0 Å². The fraction of sp³-hybridized carbons (Fsp3) is 0.500. The SMILES string of the molecule is CCN[C@H](C)CNC(=O)CSc1ccc(Br)cc1C.Cl. The van der Waals surface area contributed by atoms with Gasteiger partial charge in [0.25, 0.3) is 0 Å². The van der Waals surface area contributed by atoms with E-state index >= 15 is 0 Å². The molecular formula is C14H22BrClN2OS. The number of rotatable bonds is 7. The third kappa shape index (κ3) is 7.53. The van der Waals surface area contributed by atoms with Crippen molar-refractivity contribution in [2.75, 3.05) is 18.8 Å². The summed E-state index contributed by atoms with van der Waals surface area (Å²) in [6.07, 6.45) is 0. The molecule has 1 aromatic rings. The summed E-state index contributed by atoms with van der Waals surface area (Å²) in [4.78, 5) is 12.9. The number of hydrogen-bond acceptors (Lipinski definition) is 3. The van der Waals surface area contributed by atoms with Crippen LogP contribution in [0, 0.1) is 6.92 Å². The summed E-state index contributed by atoms with van der Waals surface area (Å²) in [5.74, 6) is 0.540. The number of carbonyl (C=O) groups excluding carboxylic acids is 1. The Morgan fingerprint density at radius 3 is 2.75 bits per heavy atom. The first-order valence-corrected chi connectivity index (χ1v) is 8.19. The van der Waals surface area contributed by atoms with Crippen molar-refractivity contribution in [2.45, 2.75) is 31.7 Å². The zero-order valence-electron chi connectivity index (χ0n) is 12.0. The van der Waals surface area contributed by atoms with E-state index in [4.69, 9.17) is 0 Å². The fourth-order valence-corrected chi connectivity index (χ4v) is 2.97. The molecule has 0 saturated carbocycles. The van der Waals surface area contributed by atoms with Gasteiger partial charge in [-0.05, 0) is 44.2 Å².